The summed E-state index contributed by atoms with van der Waals surface area (Å²) in [6.45, 7) is 7.49. The van der Waals surface area contributed by atoms with Gasteiger partial charge in [-0.3, -0.25) is 0 Å². The van der Waals surface area contributed by atoms with Gasteiger partial charge < -0.3 is 19.1 Å². The summed E-state index contributed by atoms with van der Waals surface area (Å²) in [6.07, 6.45) is 1.22. The van der Waals surface area contributed by atoms with Gasteiger partial charge in [-0.05, 0) is 43.9 Å². The Bertz CT molecular complexity index is 817. The van der Waals surface area contributed by atoms with Gasteiger partial charge in [0.25, 0.3) is 0 Å². The zero-order chi connectivity index (χ0) is 20.1. The first-order valence-corrected chi connectivity index (χ1v) is 9.77. The van der Waals surface area contributed by atoms with E-state index in [-0.39, 0.29) is 6.09 Å². The monoisotopic (exact) mass is 383 g/mol. The maximum Gasteiger partial charge on any atom is 0.410 e. The molecule has 1 aliphatic heterocycles. The smallest absolute Gasteiger partial charge is 0.410 e. The van der Waals surface area contributed by atoms with Crippen LogP contribution < -0.4 is 9.47 Å². The van der Waals surface area contributed by atoms with Crippen molar-refractivity contribution >= 4 is 6.09 Å². The molecule has 0 saturated heterocycles. The molecule has 2 aromatic carbocycles. The molecule has 1 aliphatic rings. The third-order valence-corrected chi connectivity index (χ3v) is 5.23. The average molecular weight is 383 g/mol. The minimum Gasteiger partial charge on any atom is -0.493 e. The summed E-state index contributed by atoms with van der Waals surface area (Å²) in [5.74, 6) is 1.49. The Kier molecular flexibility index (Phi) is 6.12. The highest BCUT2D eigenvalue weighted by Gasteiger charge is 2.29. The number of amides is 1. The zero-order valence-corrected chi connectivity index (χ0v) is 17.2. The molecule has 0 unspecified atom stereocenters. The highest BCUT2D eigenvalue weighted by molar-refractivity contribution is 5.69. The Morgan fingerprint density at radius 3 is 2.57 bits per heavy atom. The molecule has 1 amide bonds. The lowest BCUT2D eigenvalue weighted by Crippen LogP contribution is -2.40. The molecule has 0 radical (unpaired) electrons. The lowest BCUT2D eigenvalue weighted by Gasteiger charge is -2.33. The molecular weight excluding hydrogens is 354 g/mol. The minimum atomic E-state index is -0.454. The second kappa shape index (κ2) is 8.55. The summed E-state index contributed by atoms with van der Waals surface area (Å²) in [4.78, 5) is 14.3. The summed E-state index contributed by atoms with van der Waals surface area (Å²) in [6, 6.07) is 14.0. The molecule has 0 fully saturated rings. The van der Waals surface area contributed by atoms with Crippen LogP contribution in [0.25, 0.3) is 0 Å². The van der Waals surface area contributed by atoms with E-state index in [4.69, 9.17) is 14.2 Å². The van der Waals surface area contributed by atoms with Crippen molar-refractivity contribution in [1.82, 2.24) is 4.90 Å². The van der Waals surface area contributed by atoms with Crippen molar-refractivity contribution in [2.24, 2.45) is 0 Å². The van der Waals surface area contributed by atoms with Crippen molar-refractivity contribution in [3.05, 3.63) is 59.2 Å². The van der Waals surface area contributed by atoms with Crippen molar-refractivity contribution in [1.29, 1.82) is 0 Å². The van der Waals surface area contributed by atoms with Crippen LogP contribution in [0.3, 0.4) is 0 Å². The highest BCUT2D eigenvalue weighted by atomic mass is 16.6. The Morgan fingerprint density at radius 1 is 1.14 bits per heavy atom. The third kappa shape index (κ3) is 4.58. The molecule has 1 heterocycles. The molecule has 0 bridgehead atoms. The second-order valence-electron chi connectivity index (χ2n) is 7.66. The number of hydrogen-bond donors (Lipinski definition) is 0. The Hall–Kier alpha value is -2.69. The normalized spacial score (nSPS) is 13.6. The topological polar surface area (TPSA) is 48.0 Å². The standard InChI is InChI=1S/C23H29NO4/c1-5-23(2,3)28-22(25)24-14-13-19-18(15-24)11-12-20(21(19)26-4)27-16-17-9-7-6-8-10-17/h6-12H,5,13-16H2,1-4H3. The largest absolute Gasteiger partial charge is 0.493 e. The number of carbonyl (C=O) groups excluding carboxylic acids is 1. The number of methoxy groups -OCH3 is 1. The van der Waals surface area contributed by atoms with E-state index in [2.05, 4.69) is 0 Å². The van der Waals surface area contributed by atoms with E-state index >= 15 is 0 Å². The van der Waals surface area contributed by atoms with Crippen LogP contribution in [-0.4, -0.2) is 30.2 Å². The van der Waals surface area contributed by atoms with Gasteiger partial charge in [0.05, 0.1) is 7.11 Å². The lowest BCUT2D eigenvalue weighted by molar-refractivity contribution is 0.00899. The van der Waals surface area contributed by atoms with Crippen LogP contribution in [0, 0.1) is 0 Å². The second-order valence-corrected chi connectivity index (χ2v) is 7.66. The number of carbonyl (C=O) groups is 1. The predicted molar refractivity (Wildman–Crippen MR) is 109 cm³/mol. The van der Waals surface area contributed by atoms with Gasteiger partial charge in [0.15, 0.2) is 11.5 Å². The van der Waals surface area contributed by atoms with Gasteiger partial charge in [-0.2, -0.15) is 0 Å². The van der Waals surface area contributed by atoms with Crippen LogP contribution in [-0.2, 0) is 24.3 Å². The number of ether oxygens (including phenoxy) is 3. The molecule has 3 rings (SSSR count). The van der Waals surface area contributed by atoms with E-state index in [0.29, 0.717) is 26.1 Å². The first-order chi connectivity index (χ1) is 13.4. The fourth-order valence-electron chi connectivity index (χ4n) is 3.20. The first-order valence-electron chi connectivity index (χ1n) is 9.77. The van der Waals surface area contributed by atoms with E-state index < -0.39 is 5.60 Å². The van der Waals surface area contributed by atoms with Gasteiger partial charge in [0, 0.05) is 18.7 Å². The van der Waals surface area contributed by atoms with E-state index in [1.165, 1.54) is 0 Å². The van der Waals surface area contributed by atoms with E-state index in [0.717, 1.165) is 34.6 Å². The number of benzene rings is 2. The van der Waals surface area contributed by atoms with Crippen LogP contribution in [0.4, 0.5) is 4.79 Å². The number of fused-ring (bicyclic) bond motifs is 1. The van der Waals surface area contributed by atoms with Crippen molar-refractivity contribution in [3.8, 4) is 11.5 Å². The molecule has 28 heavy (non-hydrogen) atoms. The SMILES string of the molecule is CCC(C)(C)OC(=O)N1CCc2c(ccc(OCc3ccccc3)c2OC)C1. The van der Waals surface area contributed by atoms with Gasteiger partial charge in [-0.1, -0.05) is 43.3 Å². The number of hydrogen-bond acceptors (Lipinski definition) is 4. The lowest BCUT2D eigenvalue weighted by atomic mass is 9.98. The quantitative estimate of drug-likeness (QED) is 0.708. The molecule has 0 saturated carbocycles. The molecule has 5 nitrogen and oxygen atoms in total. The number of rotatable bonds is 6. The predicted octanol–water partition coefficient (Wildman–Crippen LogP) is 4.96. The summed E-state index contributed by atoms with van der Waals surface area (Å²) < 4.78 is 17.3. The molecule has 5 heteroatoms. The molecule has 150 valence electrons. The molecule has 0 atom stereocenters. The summed E-state index contributed by atoms with van der Waals surface area (Å²) in [5, 5.41) is 0. The van der Waals surface area contributed by atoms with Gasteiger partial charge in [0.1, 0.15) is 12.2 Å². The maximum atomic E-state index is 12.5. The van der Waals surface area contributed by atoms with Crippen LogP contribution in [0.2, 0.25) is 0 Å². The first kappa shape index (κ1) is 20.1. The van der Waals surface area contributed by atoms with Crippen molar-refractivity contribution in [2.75, 3.05) is 13.7 Å². The highest BCUT2D eigenvalue weighted by Crippen LogP contribution is 2.37. The van der Waals surface area contributed by atoms with Crippen molar-refractivity contribution in [2.45, 2.75) is 52.4 Å². The molecule has 0 aliphatic carbocycles. The number of nitrogens with zero attached hydrogens (tertiary/aromatic N) is 1. The Balaban J connectivity index is 1.73. The zero-order valence-electron chi connectivity index (χ0n) is 17.2. The van der Waals surface area contributed by atoms with Gasteiger partial charge >= 0.3 is 6.09 Å². The minimum absolute atomic E-state index is 0.263. The van der Waals surface area contributed by atoms with E-state index in [1.54, 1.807) is 12.0 Å². The molecular formula is C23H29NO4. The van der Waals surface area contributed by atoms with Gasteiger partial charge in [-0.15, -0.1) is 0 Å². The Labute approximate surface area is 167 Å². The molecule has 0 N–H and O–H groups in total. The fourth-order valence-corrected chi connectivity index (χ4v) is 3.20. The van der Waals surface area contributed by atoms with Crippen molar-refractivity contribution in [3.63, 3.8) is 0 Å². The van der Waals surface area contributed by atoms with E-state index in [1.807, 2.05) is 63.2 Å². The van der Waals surface area contributed by atoms with Crippen LogP contribution >= 0.6 is 0 Å². The fraction of sp³-hybridized carbons (Fsp3) is 0.435. The maximum absolute atomic E-state index is 12.5. The van der Waals surface area contributed by atoms with E-state index in [9.17, 15) is 4.79 Å². The summed E-state index contributed by atoms with van der Waals surface area (Å²) in [7, 11) is 1.66. The molecule has 0 spiro atoms. The van der Waals surface area contributed by atoms with Crippen LogP contribution in [0.5, 0.6) is 11.5 Å². The molecule has 2 aromatic rings. The van der Waals surface area contributed by atoms with Crippen LogP contribution in [0.1, 0.15) is 43.9 Å². The van der Waals surface area contributed by atoms with Gasteiger partial charge in [0.2, 0.25) is 0 Å². The summed E-state index contributed by atoms with van der Waals surface area (Å²) >= 11 is 0. The van der Waals surface area contributed by atoms with Crippen LogP contribution in [0.15, 0.2) is 42.5 Å². The average Bonchev–Trinajstić information content (AvgIpc) is 2.71. The van der Waals surface area contributed by atoms with Gasteiger partial charge in [-0.25, -0.2) is 4.79 Å². The summed E-state index contributed by atoms with van der Waals surface area (Å²) in [5.41, 5.74) is 2.83. The third-order valence-electron chi connectivity index (χ3n) is 5.23. The Morgan fingerprint density at radius 2 is 1.89 bits per heavy atom. The molecule has 0 aromatic heterocycles. The van der Waals surface area contributed by atoms with Crippen molar-refractivity contribution < 1.29 is 19.0 Å².